The summed E-state index contributed by atoms with van der Waals surface area (Å²) in [5.74, 6) is 0. The number of anilines is 1. The second-order valence-electron chi connectivity index (χ2n) is 3.23. The molecule has 0 aliphatic carbocycles. The van der Waals surface area contributed by atoms with Crippen LogP contribution in [-0.4, -0.2) is 24.0 Å². The minimum absolute atomic E-state index is 0.0759. The van der Waals surface area contributed by atoms with E-state index in [1.807, 2.05) is 32.0 Å². The number of rotatable bonds is 3. The molecule has 0 aliphatic heterocycles. The molecule has 0 fully saturated rings. The fraction of sp³-hybridized carbons (Fsp3) is 0.364. The first kappa shape index (κ1) is 13.5. The molecule has 0 heterocycles. The molecule has 1 aromatic carbocycles. The van der Waals surface area contributed by atoms with Crippen molar-refractivity contribution >= 4 is 43.6 Å². The summed E-state index contributed by atoms with van der Waals surface area (Å²) < 4.78 is 1.84. The van der Waals surface area contributed by atoms with Crippen LogP contribution in [0.1, 0.15) is 13.8 Å². The normalized spacial score (nSPS) is 10.0. The number of benzene rings is 1. The molecule has 1 N–H and O–H groups in total. The molecular formula is C11H14Br2N2O. The lowest BCUT2D eigenvalue weighted by Crippen LogP contribution is -2.34. The molecule has 0 radical (unpaired) electrons. The minimum atomic E-state index is -0.0759. The zero-order chi connectivity index (χ0) is 12.1. The van der Waals surface area contributed by atoms with Gasteiger partial charge < -0.3 is 10.2 Å². The van der Waals surface area contributed by atoms with E-state index < -0.39 is 0 Å². The number of urea groups is 1. The molecule has 5 heteroatoms. The van der Waals surface area contributed by atoms with Gasteiger partial charge in [0, 0.05) is 22.0 Å². The summed E-state index contributed by atoms with van der Waals surface area (Å²) in [6.45, 7) is 5.33. The second-order valence-corrected chi connectivity index (χ2v) is 5.00. The number of carbonyl (C=O) groups is 1. The van der Waals surface area contributed by atoms with Crippen LogP contribution in [0.25, 0.3) is 0 Å². The minimum Gasteiger partial charge on any atom is -0.325 e. The summed E-state index contributed by atoms with van der Waals surface area (Å²) >= 11 is 6.77. The van der Waals surface area contributed by atoms with Crippen molar-refractivity contribution in [3.8, 4) is 0 Å². The topological polar surface area (TPSA) is 32.3 Å². The maximum atomic E-state index is 11.8. The Morgan fingerprint density at radius 1 is 1.31 bits per heavy atom. The zero-order valence-corrected chi connectivity index (χ0v) is 12.4. The van der Waals surface area contributed by atoms with Crippen molar-refractivity contribution in [3.63, 3.8) is 0 Å². The van der Waals surface area contributed by atoms with Crippen molar-refractivity contribution in [2.75, 3.05) is 18.4 Å². The van der Waals surface area contributed by atoms with E-state index in [-0.39, 0.29) is 6.03 Å². The Bertz CT molecular complexity index is 378. The molecule has 0 spiro atoms. The highest BCUT2D eigenvalue weighted by Gasteiger charge is 2.10. The smallest absolute Gasteiger partial charge is 0.321 e. The van der Waals surface area contributed by atoms with E-state index in [1.54, 1.807) is 4.90 Å². The largest absolute Gasteiger partial charge is 0.325 e. The third-order valence-corrected chi connectivity index (χ3v) is 3.37. The van der Waals surface area contributed by atoms with Crippen LogP contribution in [0.3, 0.4) is 0 Å². The predicted molar refractivity (Wildman–Crippen MR) is 73.8 cm³/mol. The van der Waals surface area contributed by atoms with Gasteiger partial charge >= 0.3 is 6.03 Å². The molecule has 0 saturated heterocycles. The van der Waals surface area contributed by atoms with Gasteiger partial charge in [-0.2, -0.15) is 0 Å². The van der Waals surface area contributed by atoms with Crippen LogP contribution in [0.4, 0.5) is 10.5 Å². The van der Waals surface area contributed by atoms with Crippen molar-refractivity contribution in [2.24, 2.45) is 0 Å². The third-order valence-electron chi connectivity index (χ3n) is 2.22. The van der Waals surface area contributed by atoms with Gasteiger partial charge in [-0.05, 0) is 48.0 Å². The molecule has 0 aliphatic rings. The summed E-state index contributed by atoms with van der Waals surface area (Å²) in [6, 6.07) is 5.57. The molecule has 1 rings (SSSR count). The van der Waals surface area contributed by atoms with Gasteiger partial charge in [0.2, 0.25) is 0 Å². The van der Waals surface area contributed by atoms with Gasteiger partial charge in [0.05, 0.1) is 5.69 Å². The first-order chi connectivity index (χ1) is 7.58. The first-order valence-corrected chi connectivity index (χ1v) is 6.68. The van der Waals surface area contributed by atoms with E-state index in [2.05, 4.69) is 37.2 Å². The fourth-order valence-corrected chi connectivity index (χ4v) is 2.44. The Labute approximate surface area is 112 Å². The highest BCUT2D eigenvalue weighted by Crippen LogP contribution is 2.26. The van der Waals surface area contributed by atoms with E-state index in [4.69, 9.17) is 0 Å². The van der Waals surface area contributed by atoms with E-state index in [9.17, 15) is 4.79 Å². The van der Waals surface area contributed by atoms with Crippen molar-refractivity contribution < 1.29 is 4.79 Å². The third kappa shape index (κ3) is 3.49. The summed E-state index contributed by atoms with van der Waals surface area (Å²) in [6.07, 6.45) is 0. The van der Waals surface area contributed by atoms with Crippen molar-refractivity contribution in [3.05, 3.63) is 27.1 Å². The van der Waals surface area contributed by atoms with Crippen molar-refractivity contribution in [1.82, 2.24) is 4.90 Å². The van der Waals surface area contributed by atoms with Crippen LogP contribution >= 0.6 is 31.9 Å². The first-order valence-electron chi connectivity index (χ1n) is 5.09. The molecule has 0 saturated carbocycles. The van der Waals surface area contributed by atoms with Crippen LogP contribution in [0.2, 0.25) is 0 Å². The van der Waals surface area contributed by atoms with Gasteiger partial charge in [-0.3, -0.25) is 0 Å². The summed E-state index contributed by atoms with van der Waals surface area (Å²) in [4.78, 5) is 13.5. The standard InChI is InChI=1S/C11H14Br2N2O/c1-3-15(4-2)11(16)14-10-6-5-8(12)7-9(10)13/h5-7H,3-4H2,1-2H3,(H,14,16). The lowest BCUT2D eigenvalue weighted by molar-refractivity contribution is 0.217. The summed E-state index contributed by atoms with van der Waals surface area (Å²) in [5, 5.41) is 2.86. The van der Waals surface area contributed by atoms with Crippen LogP contribution in [-0.2, 0) is 0 Å². The van der Waals surface area contributed by atoms with E-state index in [1.165, 1.54) is 0 Å². The number of nitrogens with one attached hydrogen (secondary N) is 1. The SMILES string of the molecule is CCN(CC)C(=O)Nc1ccc(Br)cc1Br. The second kappa shape index (κ2) is 6.25. The van der Waals surface area contributed by atoms with Gasteiger partial charge in [0.25, 0.3) is 0 Å². The average molecular weight is 350 g/mol. The number of carbonyl (C=O) groups excluding carboxylic acids is 1. The Kier molecular flexibility index (Phi) is 5.28. The highest BCUT2D eigenvalue weighted by molar-refractivity contribution is 9.11. The monoisotopic (exact) mass is 348 g/mol. The summed E-state index contributed by atoms with van der Waals surface area (Å²) in [5.41, 5.74) is 0.778. The molecular weight excluding hydrogens is 336 g/mol. The molecule has 0 atom stereocenters. The maximum Gasteiger partial charge on any atom is 0.321 e. The van der Waals surface area contributed by atoms with Crippen LogP contribution < -0.4 is 5.32 Å². The number of hydrogen-bond donors (Lipinski definition) is 1. The predicted octanol–water partition coefficient (Wildman–Crippen LogP) is 4.09. The number of hydrogen-bond acceptors (Lipinski definition) is 1. The molecule has 1 aromatic rings. The van der Waals surface area contributed by atoms with Crippen LogP contribution in [0, 0.1) is 0 Å². The molecule has 0 bridgehead atoms. The lowest BCUT2D eigenvalue weighted by atomic mass is 10.3. The van der Waals surface area contributed by atoms with E-state index >= 15 is 0 Å². The zero-order valence-electron chi connectivity index (χ0n) is 9.26. The average Bonchev–Trinajstić information content (AvgIpc) is 2.24. The Hall–Kier alpha value is -0.550. The van der Waals surface area contributed by atoms with Crippen molar-refractivity contribution in [2.45, 2.75) is 13.8 Å². The fourth-order valence-electron chi connectivity index (χ4n) is 1.30. The molecule has 3 nitrogen and oxygen atoms in total. The van der Waals surface area contributed by atoms with Crippen LogP contribution in [0.5, 0.6) is 0 Å². The Morgan fingerprint density at radius 2 is 1.94 bits per heavy atom. The van der Waals surface area contributed by atoms with Gasteiger partial charge in [0.15, 0.2) is 0 Å². The summed E-state index contributed by atoms with van der Waals surface area (Å²) in [7, 11) is 0. The van der Waals surface area contributed by atoms with Crippen LogP contribution in [0.15, 0.2) is 27.1 Å². The van der Waals surface area contributed by atoms with Gasteiger partial charge in [-0.25, -0.2) is 4.79 Å². The number of amides is 2. The quantitative estimate of drug-likeness (QED) is 0.875. The molecule has 16 heavy (non-hydrogen) atoms. The molecule has 2 amide bonds. The highest BCUT2D eigenvalue weighted by atomic mass is 79.9. The van der Waals surface area contributed by atoms with Gasteiger partial charge in [0.1, 0.15) is 0 Å². The Balaban J connectivity index is 2.76. The number of halogens is 2. The maximum absolute atomic E-state index is 11.8. The van der Waals surface area contributed by atoms with E-state index in [0.29, 0.717) is 13.1 Å². The molecule has 0 unspecified atom stereocenters. The number of nitrogens with zero attached hydrogens (tertiary/aromatic N) is 1. The van der Waals surface area contributed by atoms with E-state index in [0.717, 1.165) is 14.6 Å². The van der Waals surface area contributed by atoms with Gasteiger partial charge in [-0.15, -0.1) is 0 Å². The molecule has 0 aromatic heterocycles. The van der Waals surface area contributed by atoms with Gasteiger partial charge in [-0.1, -0.05) is 15.9 Å². The molecule has 88 valence electrons. The lowest BCUT2D eigenvalue weighted by Gasteiger charge is -2.19. The van der Waals surface area contributed by atoms with Crippen molar-refractivity contribution in [1.29, 1.82) is 0 Å². The Morgan fingerprint density at radius 3 is 2.44 bits per heavy atom.